The van der Waals surface area contributed by atoms with E-state index in [9.17, 15) is 27.2 Å². The third kappa shape index (κ3) is 5.57. The largest absolute Gasteiger partial charge is 0.435 e. The molecule has 41 heavy (non-hydrogen) atoms. The summed E-state index contributed by atoms with van der Waals surface area (Å²) in [6, 6.07) is 12.8. The second kappa shape index (κ2) is 10.7. The first kappa shape index (κ1) is 27.3. The van der Waals surface area contributed by atoms with Gasteiger partial charge in [0, 0.05) is 24.1 Å². The highest BCUT2D eigenvalue weighted by Gasteiger charge is 2.35. The van der Waals surface area contributed by atoms with Crippen LogP contribution in [0.25, 0.3) is 27.8 Å². The molecule has 3 aromatic heterocycles. The van der Waals surface area contributed by atoms with Crippen LogP contribution in [0.5, 0.6) is 0 Å². The number of fused-ring (bicyclic) bond motifs is 1. The smallest absolute Gasteiger partial charge is 0.357 e. The van der Waals surface area contributed by atoms with Crippen LogP contribution in [-0.2, 0) is 12.6 Å². The van der Waals surface area contributed by atoms with Gasteiger partial charge in [0.2, 0.25) is 5.95 Å². The van der Waals surface area contributed by atoms with Crippen molar-refractivity contribution in [2.45, 2.75) is 19.5 Å². The summed E-state index contributed by atoms with van der Waals surface area (Å²) in [5.74, 6) is -0.783. The van der Waals surface area contributed by atoms with Crippen molar-refractivity contribution in [3.05, 3.63) is 88.2 Å². The molecule has 0 unspecified atom stereocenters. The summed E-state index contributed by atoms with van der Waals surface area (Å²) in [6.45, 7) is 1.89. The van der Waals surface area contributed by atoms with Crippen molar-refractivity contribution in [1.82, 2.24) is 24.7 Å². The Bertz CT molecular complexity index is 1820. The molecule has 0 spiro atoms. The number of nitrogens with one attached hydrogen (secondary N) is 4. The minimum Gasteiger partial charge on any atom is -0.357 e. The summed E-state index contributed by atoms with van der Waals surface area (Å²) >= 11 is 0. The van der Waals surface area contributed by atoms with Crippen LogP contribution in [-0.4, -0.2) is 37.8 Å². The molecule has 14 heteroatoms. The highest BCUT2D eigenvalue weighted by molar-refractivity contribution is 6.00. The first-order chi connectivity index (χ1) is 19.6. The van der Waals surface area contributed by atoms with E-state index in [0.717, 1.165) is 10.7 Å². The number of carbonyl (C=O) groups is 1. The quantitative estimate of drug-likeness (QED) is 0.199. The van der Waals surface area contributed by atoms with Crippen LogP contribution in [0.15, 0.2) is 65.5 Å². The van der Waals surface area contributed by atoms with Crippen molar-refractivity contribution < 1.29 is 22.4 Å². The highest BCUT2D eigenvalue weighted by atomic mass is 19.4. The Kier molecular flexibility index (Phi) is 7.13. The molecule has 5 rings (SSSR count). The summed E-state index contributed by atoms with van der Waals surface area (Å²) in [5, 5.41) is 11.6. The number of hydrogen-bond donors (Lipinski definition) is 4. The van der Waals surface area contributed by atoms with Crippen molar-refractivity contribution in [2.75, 3.05) is 23.0 Å². The molecular weight excluding hydrogens is 544 g/mol. The van der Waals surface area contributed by atoms with Gasteiger partial charge in [-0.1, -0.05) is 31.2 Å². The molecule has 0 aliphatic heterocycles. The number of aryl methyl sites for hydroxylation is 1. The molecule has 2 amide bonds. The lowest BCUT2D eigenvalue weighted by molar-refractivity contribution is -0.141. The number of alkyl halides is 3. The van der Waals surface area contributed by atoms with Crippen LogP contribution in [0.3, 0.4) is 0 Å². The number of para-hydroxylation sites is 1. The molecule has 5 aromatic rings. The molecule has 210 valence electrons. The first-order valence-electron chi connectivity index (χ1n) is 12.3. The van der Waals surface area contributed by atoms with Crippen LogP contribution >= 0.6 is 0 Å². The number of amides is 2. The van der Waals surface area contributed by atoms with Gasteiger partial charge in [-0.2, -0.15) is 23.3 Å². The Hall–Kier alpha value is -5.27. The zero-order valence-corrected chi connectivity index (χ0v) is 21.6. The normalized spacial score (nSPS) is 11.5. The minimum absolute atomic E-state index is 0.174. The molecule has 0 fully saturated rings. The number of anilines is 3. The molecule has 0 saturated carbocycles. The Morgan fingerprint density at radius 2 is 1.78 bits per heavy atom. The van der Waals surface area contributed by atoms with E-state index in [1.165, 1.54) is 24.3 Å². The molecule has 0 radical (unpaired) electrons. The number of aromatic amines is 1. The van der Waals surface area contributed by atoms with E-state index >= 15 is 0 Å². The van der Waals surface area contributed by atoms with E-state index in [0.29, 0.717) is 35.2 Å². The molecule has 10 nitrogen and oxygen atoms in total. The van der Waals surface area contributed by atoms with Gasteiger partial charge in [0.25, 0.3) is 5.56 Å². The lowest BCUT2D eigenvalue weighted by Crippen LogP contribution is -2.22. The summed E-state index contributed by atoms with van der Waals surface area (Å²) in [6.07, 6.45) is -4.22. The van der Waals surface area contributed by atoms with Crippen LogP contribution in [0.1, 0.15) is 18.3 Å². The van der Waals surface area contributed by atoms with E-state index < -0.39 is 29.3 Å². The Balaban J connectivity index is 1.47. The van der Waals surface area contributed by atoms with E-state index in [-0.39, 0.29) is 28.3 Å². The number of pyridine rings is 1. The molecule has 0 saturated heterocycles. The Morgan fingerprint density at radius 1 is 1.02 bits per heavy atom. The fourth-order valence-electron chi connectivity index (χ4n) is 4.18. The van der Waals surface area contributed by atoms with Crippen molar-refractivity contribution in [2.24, 2.45) is 0 Å². The lowest BCUT2D eigenvalue weighted by atomic mass is 10.0. The second-order valence-electron chi connectivity index (χ2n) is 8.81. The standard InChI is InChI=1S/C27H22F4N8O2/c1-3-19-17-12-16(24(40)36-23(17)37-25(32-2)33-19)14-9-10-18(28)20(11-14)34-26(41)35-22-13-21(27(29,30)31)38-39(22)15-7-5-4-6-8-15/h4-13H,3H2,1-2H3,(H2,34,35,41)(H2,32,33,36,37,40). The van der Waals surface area contributed by atoms with Gasteiger partial charge in [-0.05, 0) is 42.3 Å². The number of rotatable bonds is 6. The summed E-state index contributed by atoms with van der Waals surface area (Å²) in [4.78, 5) is 37.1. The zero-order chi connectivity index (χ0) is 29.3. The topological polar surface area (TPSA) is 130 Å². The van der Waals surface area contributed by atoms with Gasteiger partial charge < -0.3 is 15.6 Å². The van der Waals surface area contributed by atoms with Crippen molar-refractivity contribution >= 4 is 34.5 Å². The summed E-state index contributed by atoms with van der Waals surface area (Å²) in [5.41, 5.74) is -0.329. The van der Waals surface area contributed by atoms with Gasteiger partial charge in [0.05, 0.1) is 17.1 Å². The van der Waals surface area contributed by atoms with E-state index in [1.807, 2.05) is 6.92 Å². The second-order valence-corrected chi connectivity index (χ2v) is 8.81. The predicted molar refractivity (Wildman–Crippen MR) is 146 cm³/mol. The molecule has 4 N–H and O–H groups in total. The third-order valence-electron chi connectivity index (χ3n) is 6.12. The van der Waals surface area contributed by atoms with Gasteiger partial charge in [0.15, 0.2) is 5.69 Å². The van der Waals surface area contributed by atoms with Gasteiger partial charge in [-0.15, -0.1) is 0 Å². The van der Waals surface area contributed by atoms with Crippen molar-refractivity contribution in [3.8, 4) is 16.8 Å². The van der Waals surface area contributed by atoms with E-state index in [1.54, 1.807) is 31.3 Å². The number of hydrogen-bond acceptors (Lipinski definition) is 6. The number of nitrogens with zero attached hydrogens (tertiary/aromatic N) is 4. The zero-order valence-electron chi connectivity index (χ0n) is 21.6. The average molecular weight is 567 g/mol. The monoisotopic (exact) mass is 566 g/mol. The van der Waals surface area contributed by atoms with Crippen LogP contribution in [0, 0.1) is 5.82 Å². The summed E-state index contributed by atoms with van der Waals surface area (Å²) in [7, 11) is 1.65. The highest BCUT2D eigenvalue weighted by Crippen LogP contribution is 2.32. The van der Waals surface area contributed by atoms with Crippen molar-refractivity contribution in [3.63, 3.8) is 0 Å². The van der Waals surface area contributed by atoms with Gasteiger partial charge in [0.1, 0.15) is 17.3 Å². The van der Waals surface area contributed by atoms with Gasteiger partial charge in [-0.25, -0.2) is 18.9 Å². The number of carbonyl (C=O) groups excluding carboxylic acids is 1. The predicted octanol–water partition coefficient (Wildman–Crippen LogP) is 5.58. The fraction of sp³-hybridized carbons (Fsp3) is 0.148. The van der Waals surface area contributed by atoms with Crippen LogP contribution < -0.4 is 21.5 Å². The number of aromatic nitrogens is 5. The lowest BCUT2D eigenvalue weighted by Gasteiger charge is -2.12. The first-order valence-corrected chi connectivity index (χ1v) is 12.3. The molecule has 0 atom stereocenters. The van der Waals surface area contributed by atoms with Gasteiger partial charge >= 0.3 is 12.2 Å². The molecule has 3 heterocycles. The molecule has 0 bridgehead atoms. The van der Waals surface area contributed by atoms with Crippen LogP contribution in [0.2, 0.25) is 0 Å². The minimum atomic E-state index is -4.77. The average Bonchev–Trinajstić information content (AvgIpc) is 3.38. The maximum Gasteiger partial charge on any atom is 0.435 e. The number of H-pyrrole nitrogens is 1. The maximum atomic E-state index is 14.7. The van der Waals surface area contributed by atoms with Crippen LogP contribution in [0.4, 0.5) is 39.8 Å². The molecule has 0 aliphatic rings. The Morgan fingerprint density at radius 3 is 2.46 bits per heavy atom. The third-order valence-corrected chi connectivity index (χ3v) is 6.12. The molecule has 0 aliphatic carbocycles. The van der Waals surface area contributed by atoms with E-state index in [4.69, 9.17) is 0 Å². The maximum absolute atomic E-state index is 14.7. The van der Waals surface area contributed by atoms with Gasteiger partial charge in [-0.3, -0.25) is 10.1 Å². The van der Waals surface area contributed by atoms with E-state index in [2.05, 4.69) is 36.0 Å². The Labute approximate surface area is 229 Å². The SMILES string of the molecule is CCc1nc(NC)nc2[nH]c(=O)c(-c3ccc(F)c(NC(=O)Nc4cc(C(F)(F)F)nn4-c4ccccc4)c3)cc12. The van der Waals surface area contributed by atoms with Crippen molar-refractivity contribution in [1.29, 1.82) is 0 Å². The fourth-order valence-corrected chi connectivity index (χ4v) is 4.18. The number of urea groups is 1. The number of benzene rings is 2. The number of halogens is 4. The molecule has 2 aromatic carbocycles. The summed E-state index contributed by atoms with van der Waals surface area (Å²) < 4.78 is 55.7. The molecular formula is C27H22F4N8O2.